The predicted octanol–water partition coefficient (Wildman–Crippen LogP) is 2.07. The van der Waals surface area contributed by atoms with Crippen LogP contribution in [0.25, 0.3) is 4.96 Å². The van der Waals surface area contributed by atoms with Crippen molar-refractivity contribution in [2.45, 2.75) is 19.5 Å². The minimum absolute atomic E-state index is 0.272. The zero-order valence-electron chi connectivity index (χ0n) is 9.43. The van der Waals surface area contributed by atoms with Crippen LogP contribution in [0.1, 0.15) is 12.6 Å². The molecule has 1 atom stereocenters. The normalized spacial score (nSPS) is 12.9. The largest absolute Gasteiger partial charge is 0.480 e. The number of nitrogens with one attached hydrogen (secondary N) is 1. The summed E-state index contributed by atoms with van der Waals surface area (Å²) in [6.07, 6.45) is 3.88. The van der Waals surface area contributed by atoms with Crippen molar-refractivity contribution < 1.29 is 4.74 Å². The molecular weight excluding hydrogens is 222 g/mol. The van der Waals surface area contributed by atoms with E-state index in [1.54, 1.807) is 18.4 Å². The van der Waals surface area contributed by atoms with Crippen molar-refractivity contribution in [3.63, 3.8) is 0 Å². The van der Waals surface area contributed by atoms with E-state index >= 15 is 0 Å². The number of thiazole rings is 1. The number of ether oxygens (including phenoxy) is 1. The van der Waals surface area contributed by atoms with E-state index in [4.69, 9.17) is 4.74 Å². The van der Waals surface area contributed by atoms with Crippen molar-refractivity contribution in [2.24, 2.45) is 0 Å². The Morgan fingerprint density at radius 3 is 3.25 bits per heavy atom. The molecule has 86 valence electrons. The summed E-state index contributed by atoms with van der Waals surface area (Å²) in [6, 6.07) is 0.272. The van der Waals surface area contributed by atoms with Gasteiger partial charge in [-0.25, -0.2) is 0 Å². The van der Waals surface area contributed by atoms with Gasteiger partial charge in [0.15, 0.2) is 4.96 Å². The van der Waals surface area contributed by atoms with E-state index in [1.807, 2.05) is 22.1 Å². The number of hydrogen-bond donors (Lipinski definition) is 1. The third-order valence-corrected chi connectivity index (χ3v) is 3.22. The summed E-state index contributed by atoms with van der Waals surface area (Å²) in [4.78, 5) is 5.35. The molecule has 0 aliphatic carbocycles. The molecule has 2 aromatic heterocycles. The fraction of sp³-hybridized carbons (Fsp3) is 0.364. The van der Waals surface area contributed by atoms with Gasteiger partial charge in [-0.15, -0.1) is 17.9 Å². The highest BCUT2D eigenvalue weighted by Gasteiger charge is 2.13. The van der Waals surface area contributed by atoms with Crippen LogP contribution in [0.15, 0.2) is 24.2 Å². The van der Waals surface area contributed by atoms with Crippen molar-refractivity contribution in [2.75, 3.05) is 7.11 Å². The van der Waals surface area contributed by atoms with Gasteiger partial charge < -0.3 is 10.1 Å². The Bertz CT molecular complexity index is 488. The molecule has 0 fully saturated rings. The first-order valence-corrected chi connectivity index (χ1v) is 5.98. The highest BCUT2D eigenvalue weighted by Crippen LogP contribution is 2.22. The summed E-state index contributed by atoms with van der Waals surface area (Å²) in [5.74, 6) is 0.690. The number of hydrogen-bond acceptors (Lipinski definition) is 4. The monoisotopic (exact) mass is 237 g/mol. The molecule has 0 spiro atoms. The third kappa shape index (κ3) is 1.96. The number of imidazole rings is 1. The molecule has 1 unspecified atom stereocenters. The highest BCUT2D eigenvalue weighted by molar-refractivity contribution is 7.15. The molecule has 0 aliphatic heterocycles. The smallest absolute Gasteiger partial charge is 0.237 e. The summed E-state index contributed by atoms with van der Waals surface area (Å²) in [5.41, 5.74) is 1.05. The Morgan fingerprint density at radius 2 is 2.56 bits per heavy atom. The summed E-state index contributed by atoms with van der Waals surface area (Å²) in [7, 11) is 1.65. The molecule has 4 nitrogen and oxygen atoms in total. The maximum Gasteiger partial charge on any atom is 0.237 e. The second-order valence-electron chi connectivity index (χ2n) is 3.53. The van der Waals surface area contributed by atoms with Crippen LogP contribution in [0.2, 0.25) is 0 Å². The Labute approximate surface area is 98.6 Å². The van der Waals surface area contributed by atoms with Gasteiger partial charge >= 0.3 is 0 Å². The fourth-order valence-electron chi connectivity index (χ4n) is 1.48. The van der Waals surface area contributed by atoms with Crippen molar-refractivity contribution in [1.82, 2.24) is 14.7 Å². The molecule has 0 aromatic carbocycles. The van der Waals surface area contributed by atoms with E-state index in [1.165, 1.54) is 0 Å². The van der Waals surface area contributed by atoms with Gasteiger partial charge in [0, 0.05) is 24.2 Å². The Hall–Kier alpha value is -1.33. The van der Waals surface area contributed by atoms with Gasteiger partial charge in [-0.1, -0.05) is 6.08 Å². The van der Waals surface area contributed by atoms with Gasteiger partial charge in [-0.05, 0) is 6.92 Å². The quantitative estimate of drug-likeness (QED) is 0.809. The number of fused-ring (bicyclic) bond motifs is 1. The second kappa shape index (κ2) is 4.67. The molecule has 0 saturated carbocycles. The Balaban J connectivity index is 2.26. The molecule has 0 radical (unpaired) electrons. The average Bonchev–Trinajstić information content (AvgIpc) is 2.85. The van der Waals surface area contributed by atoms with E-state index in [2.05, 4.69) is 23.8 Å². The van der Waals surface area contributed by atoms with Crippen LogP contribution in [-0.4, -0.2) is 22.5 Å². The summed E-state index contributed by atoms with van der Waals surface area (Å²) >= 11 is 1.60. The maximum absolute atomic E-state index is 5.26. The van der Waals surface area contributed by atoms with Gasteiger partial charge in [-0.3, -0.25) is 4.40 Å². The van der Waals surface area contributed by atoms with Gasteiger partial charge in [0.05, 0.1) is 7.11 Å². The third-order valence-electron chi connectivity index (χ3n) is 2.46. The fourth-order valence-corrected chi connectivity index (χ4v) is 2.20. The zero-order chi connectivity index (χ0) is 11.5. The van der Waals surface area contributed by atoms with Crippen LogP contribution in [0.5, 0.6) is 5.88 Å². The van der Waals surface area contributed by atoms with Crippen LogP contribution in [0, 0.1) is 0 Å². The van der Waals surface area contributed by atoms with E-state index < -0.39 is 0 Å². The summed E-state index contributed by atoms with van der Waals surface area (Å²) < 4.78 is 7.31. The lowest BCUT2D eigenvalue weighted by Gasteiger charge is -2.09. The highest BCUT2D eigenvalue weighted by atomic mass is 32.1. The van der Waals surface area contributed by atoms with E-state index in [0.717, 1.165) is 10.7 Å². The molecule has 0 bridgehead atoms. The van der Waals surface area contributed by atoms with Crippen LogP contribution < -0.4 is 10.1 Å². The van der Waals surface area contributed by atoms with Gasteiger partial charge in [-0.2, -0.15) is 4.98 Å². The second-order valence-corrected chi connectivity index (χ2v) is 4.40. The molecule has 16 heavy (non-hydrogen) atoms. The first-order valence-electron chi connectivity index (χ1n) is 5.10. The minimum atomic E-state index is 0.272. The first kappa shape index (κ1) is 11.2. The molecule has 5 heteroatoms. The number of methoxy groups -OCH3 is 1. The molecule has 2 rings (SSSR count). The maximum atomic E-state index is 5.26. The number of rotatable bonds is 5. The molecule has 2 aromatic rings. The first-order chi connectivity index (χ1) is 7.76. The lowest BCUT2D eigenvalue weighted by atomic mass is 10.3. The van der Waals surface area contributed by atoms with E-state index in [0.29, 0.717) is 12.4 Å². The average molecular weight is 237 g/mol. The topological polar surface area (TPSA) is 38.6 Å². The van der Waals surface area contributed by atoms with Crippen LogP contribution in [0.3, 0.4) is 0 Å². The van der Waals surface area contributed by atoms with Gasteiger partial charge in [0.25, 0.3) is 0 Å². The van der Waals surface area contributed by atoms with Crippen molar-refractivity contribution in [3.05, 3.63) is 29.9 Å². The van der Waals surface area contributed by atoms with Gasteiger partial charge in [0.2, 0.25) is 5.88 Å². The van der Waals surface area contributed by atoms with Crippen LogP contribution in [-0.2, 0) is 6.54 Å². The minimum Gasteiger partial charge on any atom is -0.480 e. The van der Waals surface area contributed by atoms with E-state index in [-0.39, 0.29) is 6.04 Å². The van der Waals surface area contributed by atoms with Crippen molar-refractivity contribution in [3.8, 4) is 5.88 Å². The lowest BCUT2D eigenvalue weighted by Crippen LogP contribution is -2.23. The van der Waals surface area contributed by atoms with E-state index in [9.17, 15) is 0 Å². The summed E-state index contributed by atoms with van der Waals surface area (Å²) in [5, 5.41) is 5.35. The molecular formula is C11H15N3OS. The molecule has 1 N–H and O–H groups in total. The molecule has 0 saturated heterocycles. The summed E-state index contributed by atoms with van der Waals surface area (Å²) in [6.45, 7) is 6.52. The molecule has 0 amide bonds. The Morgan fingerprint density at radius 1 is 1.75 bits per heavy atom. The van der Waals surface area contributed by atoms with Crippen molar-refractivity contribution >= 4 is 16.3 Å². The van der Waals surface area contributed by atoms with Gasteiger partial charge in [0.1, 0.15) is 5.69 Å². The van der Waals surface area contributed by atoms with Crippen molar-refractivity contribution in [1.29, 1.82) is 0 Å². The predicted molar refractivity (Wildman–Crippen MR) is 66.1 cm³/mol. The number of aromatic nitrogens is 2. The SMILES string of the molecule is C=CC(C)NCc1c(OC)nc2sccn12. The molecule has 2 heterocycles. The van der Waals surface area contributed by atoms with Crippen LogP contribution >= 0.6 is 11.3 Å². The molecule has 0 aliphatic rings. The number of nitrogens with zero attached hydrogens (tertiary/aromatic N) is 2. The zero-order valence-corrected chi connectivity index (χ0v) is 10.3. The van der Waals surface area contributed by atoms with Crippen LogP contribution in [0.4, 0.5) is 0 Å². The standard InChI is InChI=1S/C11H15N3OS/c1-4-8(2)12-7-9-10(15-3)13-11-14(9)5-6-16-11/h4-6,8,12H,1,7H2,2-3H3. The lowest BCUT2D eigenvalue weighted by molar-refractivity contribution is 0.392. The Kier molecular flexibility index (Phi) is 3.26.